The summed E-state index contributed by atoms with van der Waals surface area (Å²) in [7, 11) is -0.941. The van der Waals surface area contributed by atoms with Gasteiger partial charge in [-0.05, 0) is 49.2 Å². The van der Waals surface area contributed by atoms with Crippen LogP contribution in [0.3, 0.4) is 0 Å². The number of methoxy groups -OCH3 is 1. The molecule has 4 heteroatoms. The lowest BCUT2D eigenvalue weighted by Gasteiger charge is -2.09. The molecule has 0 N–H and O–H groups in total. The zero-order chi connectivity index (χ0) is 14.7. The smallest absolute Gasteiger partial charge is 0.223 e. The molecule has 0 fully saturated rings. The SMILES string of the molecule is COc1ccc([PH](=O)C(=O)c2c(C)cccc2C)cc1. The zero-order valence-electron chi connectivity index (χ0n) is 11.8. The molecule has 0 radical (unpaired) electrons. The van der Waals surface area contributed by atoms with Gasteiger partial charge in [0.1, 0.15) is 5.75 Å². The minimum atomic E-state index is -2.51. The van der Waals surface area contributed by atoms with Crippen molar-refractivity contribution in [2.45, 2.75) is 13.8 Å². The molecule has 2 aromatic rings. The fourth-order valence-electron chi connectivity index (χ4n) is 2.16. The monoisotopic (exact) mass is 288 g/mol. The van der Waals surface area contributed by atoms with E-state index in [1.54, 1.807) is 31.4 Å². The number of aryl methyl sites for hydroxylation is 2. The maximum atomic E-state index is 12.4. The quantitative estimate of drug-likeness (QED) is 0.810. The van der Waals surface area contributed by atoms with Crippen LogP contribution in [0.4, 0.5) is 0 Å². The van der Waals surface area contributed by atoms with Crippen LogP contribution < -0.4 is 10.0 Å². The summed E-state index contributed by atoms with van der Waals surface area (Å²) in [6.07, 6.45) is 0. The number of hydrogen-bond donors (Lipinski definition) is 0. The average Bonchev–Trinajstić information content (AvgIpc) is 2.46. The first-order chi connectivity index (χ1) is 9.54. The lowest BCUT2D eigenvalue weighted by Crippen LogP contribution is -2.07. The largest absolute Gasteiger partial charge is 0.497 e. The maximum absolute atomic E-state index is 12.4. The van der Waals surface area contributed by atoms with Crippen LogP contribution in [0.15, 0.2) is 42.5 Å². The van der Waals surface area contributed by atoms with Crippen LogP contribution in [0.5, 0.6) is 5.75 Å². The second-order valence-electron chi connectivity index (χ2n) is 4.65. The van der Waals surface area contributed by atoms with Gasteiger partial charge in [-0.15, -0.1) is 0 Å². The molecular formula is C16H17O3P. The highest BCUT2D eigenvalue weighted by Gasteiger charge is 2.19. The lowest BCUT2D eigenvalue weighted by atomic mass is 10.0. The Labute approximate surface area is 119 Å². The van der Waals surface area contributed by atoms with Gasteiger partial charge in [0.25, 0.3) is 0 Å². The van der Waals surface area contributed by atoms with Gasteiger partial charge in [-0.1, -0.05) is 18.2 Å². The first-order valence-corrected chi connectivity index (χ1v) is 7.74. The lowest BCUT2D eigenvalue weighted by molar-refractivity contribution is 0.107. The van der Waals surface area contributed by atoms with Gasteiger partial charge in [0.15, 0.2) is 7.80 Å². The molecule has 0 aliphatic heterocycles. The molecule has 2 rings (SSSR count). The Hall–Kier alpha value is -1.86. The fourth-order valence-corrected chi connectivity index (χ4v) is 3.51. The van der Waals surface area contributed by atoms with Gasteiger partial charge < -0.3 is 9.30 Å². The summed E-state index contributed by atoms with van der Waals surface area (Å²) >= 11 is 0. The molecule has 0 aliphatic carbocycles. The van der Waals surface area contributed by atoms with Gasteiger partial charge >= 0.3 is 0 Å². The summed E-state index contributed by atoms with van der Waals surface area (Å²) in [5.41, 5.74) is 2.02. The summed E-state index contributed by atoms with van der Waals surface area (Å²) in [6, 6.07) is 12.4. The van der Waals surface area contributed by atoms with Crippen LogP contribution >= 0.6 is 7.80 Å². The molecule has 104 valence electrons. The van der Waals surface area contributed by atoms with Crippen molar-refractivity contribution >= 4 is 18.6 Å². The molecule has 1 unspecified atom stereocenters. The summed E-state index contributed by atoms with van der Waals surface area (Å²) in [4.78, 5) is 12.4. The molecular weight excluding hydrogens is 271 g/mol. The van der Waals surface area contributed by atoms with E-state index in [1.807, 2.05) is 32.0 Å². The fraction of sp³-hybridized carbons (Fsp3) is 0.188. The van der Waals surface area contributed by atoms with E-state index < -0.39 is 7.80 Å². The van der Waals surface area contributed by atoms with Crippen molar-refractivity contribution in [1.82, 2.24) is 0 Å². The molecule has 20 heavy (non-hydrogen) atoms. The summed E-state index contributed by atoms with van der Waals surface area (Å²) in [5, 5.41) is 0.559. The highest BCUT2D eigenvalue weighted by molar-refractivity contribution is 7.71. The zero-order valence-corrected chi connectivity index (χ0v) is 12.8. The van der Waals surface area contributed by atoms with E-state index in [-0.39, 0.29) is 5.52 Å². The third-order valence-corrected chi connectivity index (χ3v) is 4.79. The summed E-state index contributed by atoms with van der Waals surface area (Å²) < 4.78 is 17.5. The Balaban J connectivity index is 2.35. The van der Waals surface area contributed by atoms with E-state index in [1.165, 1.54) is 0 Å². The molecule has 0 amide bonds. The molecule has 1 atom stereocenters. The minimum Gasteiger partial charge on any atom is -0.497 e. The Morgan fingerprint density at radius 2 is 1.55 bits per heavy atom. The van der Waals surface area contributed by atoms with Gasteiger partial charge in [-0.25, -0.2) is 0 Å². The van der Waals surface area contributed by atoms with Gasteiger partial charge in [0.05, 0.1) is 7.11 Å². The number of carbonyl (C=O) groups excluding carboxylic acids is 1. The Bertz CT molecular complexity index is 640. The molecule has 2 aromatic carbocycles. The Kier molecular flexibility index (Phi) is 4.41. The highest BCUT2D eigenvalue weighted by Crippen LogP contribution is 2.30. The summed E-state index contributed by atoms with van der Waals surface area (Å²) in [5.74, 6) is 0.683. The van der Waals surface area contributed by atoms with Crippen molar-refractivity contribution in [1.29, 1.82) is 0 Å². The van der Waals surface area contributed by atoms with Crippen molar-refractivity contribution in [2.24, 2.45) is 0 Å². The average molecular weight is 288 g/mol. The van der Waals surface area contributed by atoms with Crippen LogP contribution in [-0.2, 0) is 4.57 Å². The van der Waals surface area contributed by atoms with Crippen molar-refractivity contribution in [3.05, 3.63) is 59.2 Å². The van der Waals surface area contributed by atoms with Crippen LogP contribution in [0.1, 0.15) is 21.5 Å². The highest BCUT2D eigenvalue weighted by atomic mass is 31.1. The van der Waals surface area contributed by atoms with Gasteiger partial charge in [0.2, 0.25) is 5.52 Å². The van der Waals surface area contributed by atoms with E-state index in [0.717, 1.165) is 11.1 Å². The molecule has 0 spiro atoms. The normalized spacial score (nSPS) is 11.9. The van der Waals surface area contributed by atoms with Crippen LogP contribution in [0.25, 0.3) is 0 Å². The second-order valence-corrected chi connectivity index (χ2v) is 6.34. The first-order valence-electron chi connectivity index (χ1n) is 6.34. The molecule has 0 saturated carbocycles. The standard InChI is InChI=1S/C16H17O3P/c1-11-5-4-6-12(2)15(11)16(17)20(18)14-9-7-13(19-3)8-10-14/h4-10,20H,1-3H3. The molecule has 0 bridgehead atoms. The minimum absolute atomic E-state index is 0.282. The summed E-state index contributed by atoms with van der Waals surface area (Å²) in [6.45, 7) is 3.73. The Morgan fingerprint density at radius 3 is 2.05 bits per heavy atom. The van der Waals surface area contributed by atoms with E-state index in [9.17, 15) is 9.36 Å². The number of hydrogen-bond acceptors (Lipinski definition) is 3. The van der Waals surface area contributed by atoms with Crippen molar-refractivity contribution in [3.8, 4) is 5.75 Å². The number of carbonyl (C=O) groups is 1. The van der Waals surface area contributed by atoms with Crippen molar-refractivity contribution in [3.63, 3.8) is 0 Å². The third kappa shape index (κ3) is 2.83. The number of ether oxygens (including phenoxy) is 1. The van der Waals surface area contributed by atoms with E-state index >= 15 is 0 Å². The van der Waals surface area contributed by atoms with E-state index in [2.05, 4.69) is 0 Å². The van der Waals surface area contributed by atoms with Gasteiger partial charge in [-0.2, -0.15) is 0 Å². The predicted octanol–water partition coefficient (Wildman–Crippen LogP) is 3.34. The van der Waals surface area contributed by atoms with Crippen LogP contribution in [0, 0.1) is 13.8 Å². The van der Waals surface area contributed by atoms with Crippen LogP contribution in [0.2, 0.25) is 0 Å². The van der Waals surface area contributed by atoms with Gasteiger partial charge in [0, 0.05) is 10.9 Å². The van der Waals surface area contributed by atoms with Crippen molar-refractivity contribution < 1.29 is 14.1 Å². The number of benzene rings is 2. The van der Waals surface area contributed by atoms with Crippen molar-refractivity contribution in [2.75, 3.05) is 7.11 Å². The molecule has 0 saturated heterocycles. The Morgan fingerprint density at radius 1 is 1.00 bits per heavy atom. The molecule has 0 aromatic heterocycles. The molecule has 0 heterocycles. The topological polar surface area (TPSA) is 43.4 Å². The van der Waals surface area contributed by atoms with Crippen LogP contribution in [-0.4, -0.2) is 12.6 Å². The molecule has 3 nitrogen and oxygen atoms in total. The third-order valence-electron chi connectivity index (χ3n) is 3.27. The van der Waals surface area contributed by atoms with Gasteiger partial charge in [-0.3, -0.25) is 4.79 Å². The van der Waals surface area contributed by atoms with E-state index in [4.69, 9.17) is 4.74 Å². The second kappa shape index (κ2) is 6.06. The van der Waals surface area contributed by atoms with E-state index in [0.29, 0.717) is 16.6 Å². The number of rotatable bonds is 4. The molecule has 0 aliphatic rings. The first kappa shape index (κ1) is 14.5. The maximum Gasteiger partial charge on any atom is 0.223 e. The predicted molar refractivity (Wildman–Crippen MR) is 81.9 cm³/mol.